The van der Waals surface area contributed by atoms with Crippen LogP contribution in [0.2, 0.25) is 0 Å². The number of H-pyrrole nitrogens is 1. The van der Waals surface area contributed by atoms with E-state index in [1.807, 2.05) is 18.2 Å². The second-order valence-electron chi connectivity index (χ2n) is 7.28. The number of hydrogen-bond acceptors (Lipinski definition) is 6. The third-order valence-corrected chi connectivity index (χ3v) is 5.23. The van der Waals surface area contributed by atoms with Gasteiger partial charge in [-0.1, -0.05) is 37.3 Å². The Hall–Kier alpha value is -3.26. The van der Waals surface area contributed by atoms with Gasteiger partial charge in [0.05, 0.1) is 22.2 Å². The van der Waals surface area contributed by atoms with Crippen LogP contribution in [0.1, 0.15) is 12.5 Å². The van der Waals surface area contributed by atoms with E-state index in [0.717, 1.165) is 19.6 Å². The molecule has 2 aromatic carbocycles. The number of rotatable bonds is 5. The first-order valence-electron chi connectivity index (χ1n) is 9.20. The number of aromatic amines is 1. The van der Waals surface area contributed by atoms with Gasteiger partial charge in [0.15, 0.2) is 0 Å². The second-order valence-corrected chi connectivity index (χ2v) is 7.28. The zero-order valence-corrected chi connectivity index (χ0v) is 15.5. The van der Waals surface area contributed by atoms with Crippen LogP contribution >= 0.6 is 0 Å². The summed E-state index contributed by atoms with van der Waals surface area (Å²) in [5, 5.41) is 15.1. The largest absolute Gasteiger partial charge is 0.375 e. The quantitative estimate of drug-likeness (QED) is 0.522. The van der Waals surface area contributed by atoms with Gasteiger partial charge >= 0.3 is 0 Å². The Morgan fingerprint density at radius 1 is 1.29 bits per heavy atom. The molecule has 0 saturated carbocycles. The predicted octanol–water partition coefficient (Wildman–Crippen LogP) is 2.76. The Kier molecular flexibility index (Phi) is 4.79. The molecule has 3 aromatic rings. The SMILES string of the molecule is CC1CN(Cc2ccccc2)CC1Nc1cc2nc[nH]c(=O)c2cc1[N+](=O)[O-]. The van der Waals surface area contributed by atoms with Crippen LogP contribution < -0.4 is 10.9 Å². The number of nitrogens with zero attached hydrogens (tertiary/aromatic N) is 3. The summed E-state index contributed by atoms with van der Waals surface area (Å²) in [6.07, 6.45) is 1.31. The minimum absolute atomic E-state index is 0.0712. The molecular formula is C20H21N5O3. The van der Waals surface area contributed by atoms with E-state index >= 15 is 0 Å². The molecule has 0 spiro atoms. The van der Waals surface area contributed by atoms with Gasteiger partial charge in [-0.05, 0) is 17.5 Å². The van der Waals surface area contributed by atoms with Crippen LogP contribution in [0.3, 0.4) is 0 Å². The molecule has 28 heavy (non-hydrogen) atoms. The van der Waals surface area contributed by atoms with Gasteiger partial charge < -0.3 is 10.3 Å². The van der Waals surface area contributed by atoms with E-state index in [-0.39, 0.29) is 22.7 Å². The average molecular weight is 379 g/mol. The van der Waals surface area contributed by atoms with Gasteiger partial charge in [-0.25, -0.2) is 4.98 Å². The summed E-state index contributed by atoms with van der Waals surface area (Å²) in [5.74, 6) is 0.325. The van der Waals surface area contributed by atoms with Crippen molar-refractivity contribution in [2.45, 2.75) is 19.5 Å². The molecule has 2 unspecified atom stereocenters. The van der Waals surface area contributed by atoms with Crippen molar-refractivity contribution in [1.29, 1.82) is 0 Å². The maximum absolute atomic E-state index is 11.9. The molecule has 1 aliphatic rings. The highest BCUT2D eigenvalue weighted by molar-refractivity contribution is 5.86. The van der Waals surface area contributed by atoms with Crippen molar-refractivity contribution in [2.24, 2.45) is 5.92 Å². The maximum Gasteiger partial charge on any atom is 0.293 e. The number of nitro benzene ring substituents is 1. The van der Waals surface area contributed by atoms with Crippen LogP contribution in [-0.4, -0.2) is 38.9 Å². The van der Waals surface area contributed by atoms with Crippen molar-refractivity contribution in [2.75, 3.05) is 18.4 Å². The minimum Gasteiger partial charge on any atom is -0.375 e. The van der Waals surface area contributed by atoms with E-state index in [2.05, 4.69) is 39.2 Å². The van der Waals surface area contributed by atoms with Crippen molar-refractivity contribution >= 4 is 22.3 Å². The summed E-state index contributed by atoms with van der Waals surface area (Å²) in [4.78, 5) is 32.0. The Morgan fingerprint density at radius 3 is 2.82 bits per heavy atom. The standard InChI is InChI=1S/C20H21N5O3/c1-13-9-24(10-14-5-3-2-4-6-14)11-18(13)23-17-8-16-15(7-19(17)25(27)28)20(26)22-12-21-16/h2-8,12-13,18,23H,9-11H2,1H3,(H,21,22,26). The van der Waals surface area contributed by atoms with Crippen LogP contribution in [0.4, 0.5) is 11.4 Å². The van der Waals surface area contributed by atoms with Crippen molar-refractivity contribution in [3.8, 4) is 0 Å². The summed E-state index contributed by atoms with van der Waals surface area (Å²) in [7, 11) is 0. The van der Waals surface area contributed by atoms with E-state index in [1.54, 1.807) is 6.07 Å². The Labute approximate surface area is 161 Å². The molecule has 0 aliphatic carbocycles. The molecule has 1 fully saturated rings. The van der Waals surface area contributed by atoms with E-state index < -0.39 is 4.92 Å². The van der Waals surface area contributed by atoms with E-state index in [9.17, 15) is 14.9 Å². The first-order valence-corrected chi connectivity index (χ1v) is 9.20. The number of nitro groups is 1. The van der Waals surface area contributed by atoms with Crippen LogP contribution in [0, 0.1) is 16.0 Å². The molecule has 1 aromatic heterocycles. The lowest BCUT2D eigenvalue weighted by Crippen LogP contribution is -2.28. The normalized spacial score (nSPS) is 19.8. The molecule has 2 atom stereocenters. The van der Waals surface area contributed by atoms with Crippen molar-refractivity contribution < 1.29 is 4.92 Å². The summed E-state index contributed by atoms with van der Waals surface area (Å²) < 4.78 is 0. The van der Waals surface area contributed by atoms with Gasteiger partial charge in [0.1, 0.15) is 5.69 Å². The fourth-order valence-electron chi connectivity index (χ4n) is 3.80. The summed E-state index contributed by atoms with van der Waals surface area (Å²) in [6, 6.07) is 13.2. The molecule has 144 valence electrons. The summed E-state index contributed by atoms with van der Waals surface area (Å²) >= 11 is 0. The third kappa shape index (κ3) is 3.59. The van der Waals surface area contributed by atoms with Gasteiger partial charge in [-0.2, -0.15) is 0 Å². The first kappa shape index (κ1) is 18.1. The molecule has 4 rings (SSSR count). The Morgan fingerprint density at radius 2 is 2.07 bits per heavy atom. The number of hydrogen-bond donors (Lipinski definition) is 2. The molecule has 8 nitrogen and oxygen atoms in total. The lowest BCUT2D eigenvalue weighted by atomic mass is 10.1. The fourth-order valence-corrected chi connectivity index (χ4v) is 3.80. The number of aromatic nitrogens is 2. The summed E-state index contributed by atoms with van der Waals surface area (Å²) in [6.45, 7) is 4.68. The highest BCUT2D eigenvalue weighted by Crippen LogP contribution is 2.31. The van der Waals surface area contributed by atoms with Gasteiger partial charge in [-0.3, -0.25) is 19.8 Å². The lowest BCUT2D eigenvalue weighted by Gasteiger charge is -2.19. The van der Waals surface area contributed by atoms with Gasteiger partial charge in [0.25, 0.3) is 11.2 Å². The third-order valence-electron chi connectivity index (χ3n) is 5.23. The van der Waals surface area contributed by atoms with E-state index in [1.165, 1.54) is 18.0 Å². The monoisotopic (exact) mass is 379 g/mol. The smallest absolute Gasteiger partial charge is 0.293 e. The minimum atomic E-state index is -0.463. The number of benzene rings is 2. The molecule has 1 saturated heterocycles. The molecule has 8 heteroatoms. The Balaban J connectivity index is 1.58. The lowest BCUT2D eigenvalue weighted by molar-refractivity contribution is -0.383. The highest BCUT2D eigenvalue weighted by Gasteiger charge is 2.31. The van der Waals surface area contributed by atoms with Gasteiger partial charge in [0.2, 0.25) is 0 Å². The van der Waals surface area contributed by atoms with E-state index in [0.29, 0.717) is 17.1 Å². The number of likely N-dealkylation sites (tertiary alicyclic amines) is 1. The fraction of sp³-hybridized carbons (Fsp3) is 0.300. The van der Waals surface area contributed by atoms with Crippen LogP contribution in [0.5, 0.6) is 0 Å². The Bertz CT molecular complexity index is 1070. The summed E-state index contributed by atoms with van der Waals surface area (Å²) in [5.41, 5.74) is 1.58. The number of nitrogens with one attached hydrogen (secondary N) is 2. The van der Waals surface area contributed by atoms with Crippen molar-refractivity contribution in [3.63, 3.8) is 0 Å². The van der Waals surface area contributed by atoms with Crippen molar-refractivity contribution in [3.05, 3.63) is 74.8 Å². The van der Waals surface area contributed by atoms with Crippen LogP contribution in [-0.2, 0) is 6.54 Å². The average Bonchev–Trinajstić information content (AvgIpc) is 3.01. The zero-order chi connectivity index (χ0) is 19.7. The van der Waals surface area contributed by atoms with Crippen LogP contribution in [0.25, 0.3) is 10.9 Å². The van der Waals surface area contributed by atoms with Gasteiger partial charge in [0, 0.05) is 31.7 Å². The second kappa shape index (κ2) is 7.40. The molecular weight excluding hydrogens is 358 g/mol. The molecule has 2 N–H and O–H groups in total. The molecule has 0 bridgehead atoms. The zero-order valence-electron chi connectivity index (χ0n) is 15.5. The molecule has 2 heterocycles. The number of fused-ring (bicyclic) bond motifs is 1. The van der Waals surface area contributed by atoms with Crippen molar-refractivity contribution in [1.82, 2.24) is 14.9 Å². The van der Waals surface area contributed by atoms with Crippen LogP contribution in [0.15, 0.2) is 53.6 Å². The topological polar surface area (TPSA) is 104 Å². The molecule has 1 aliphatic heterocycles. The van der Waals surface area contributed by atoms with E-state index in [4.69, 9.17) is 0 Å². The number of anilines is 1. The highest BCUT2D eigenvalue weighted by atomic mass is 16.6. The maximum atomic E-state index is 11.9. The molecule has 0 radical (unpaired) electrons. The first-order chi connectivity index (χ1) is 13.5. The predicted molar refractivity (Wildman–Crippen MR) is 107 cm³/mol. The van der Waals surface area contributed by atoms with Gasteiger partial charge in [-0.15, -0.1) is 0 Å². The molecule has 0 amide bonds.